The summed E-state index contributed by atoms with van der Waals surface area (Å²) >= 11 is 0. The molecule has 0 spiro atoms. The maximum atomic E-state index is 5.72. The van der Waals surface area contributed by atoms with Gasteiger partial charge in [0.05, 0.1) is 12.7 Å². The fourth-order valence-corrected chi connectivity index (χ4v) is 1.79. The van der Waals surface area contributed by atoms with Crippen LogP contribution < -0.4 is 10.5 Å². The SMILES string of the molecule is CC(C)OCCN(C)CCOc1ccc(CCN)cc1. The van der Waals surface area contributed by atoms with E-state index in [2.05, 4.69) is 37.9 Å². The van der Waals surface area contributed by atoms with Crippen molar-refractivity contribution in [3.63, 3.8) is 0 Å². The van der Waals surface area contributed by atoms with Crippen LogP contribution in [0.15, 0.2) is 24.3 Å². The number of nitrogens with zero attached hydrogens (tertiary/aromatic N) is 1. The molecule has 0 radical (unpaired) electrons. The van der Waals surface area contributed by atoms with Crippen molar-refractivity contribution in [3.8, 4) is 5.75 Å². The molecular formula is C16H28N2O2. The third kappa shape index (κ3) is 7.48. The zero-order valence-electron chi connectivity index (χ0n) is 13.0. The maximum absolute atomic E-state index is 5.72. The highest BCUT2D eigenvalue weighted by Gasteiger charge is 2.01. The topological polar surface area (TPSA) is 47.7 Å². The van der Waals surface area contributed by atoms with Gasteiger partial charge in [0.15, 0.2) is 0 Å². The van der Waals surface area contributed by atoms with Crippen LogP contribution >= 0.6 is 0 Å². The van der Waals surface area contributed by atoms with Crippen molar-refractivity contribution in [2.45, 2.75) is 26.4 Å². The van der Waals surface area contributed by atoms with Crippen molar-refractivity contribution in [2.24, 2.45) is 5.73 Å². The zero-order valence-corrected chi connectivity index (χ0v) is 13.0. The molecule has 0 aliphatic heterocycles. The Kier molecular flexibility index (Phi) is 8.26. The van der Waals surface area contributed by atoms with E-state index in [9.17, 15) is 0 Å². The van der Waals surface area contributed by atoms with Crippen molar-refractivity contribution in [1.82, 2.24) is 4.90 Å². The average Bonchev–Trinajstić information content (AvgIpc) is 2.40. The smallest absolute Gasteiger partial charge is 0.119 e. The van der Waals surface area contributed by atoms with Crippen LogP contribution in [-0.4, -0.2) is 50.9 Å². The molecule has 0 aliphatic rings. The lowest BCUT2D eigenvalue weighted by Crippen LogP contribution is -2.28. The number of rotatable bonds is 10. The van der Waals surface area contributed by atoms with Gasteiger partial charge in [0.1, 0.15) is 12.4 Å². The molecule has 114 valence electrons. The Morgan fingerprint density at radius 3 is 2.35 bits per heavy atom. The first kappa shape index (κ1) is 17.0. The van der Waals surface area contributed by atoms with Crippen LogP contribution in [0.1, 0.15) is 19.4 Å². The van der Waals surface area contributed by atoms with Crippen LogP contribution in [0.5, 0.6) is 5.75 Å². The van der Waals surface area contributed by atoms with Crippen molar-refractivity contribution in [3.05, 3.63) is 29.8 Å². The Morgan fingerprint density at radius 1 is 1.10 bits per heavy atom. The fourth-order valence-electron chi connectivity index (χ4n) is 1.79. The zero-order chi connectivity index (χ0) is 14.8. The molecule has 2 N–H and O–H groups in total. The van der Waals surface area contributed by atoms with Crippen molar-refractivity contribution >= 4 is 0 Å². The lowest BCUT2D eigenvalue weighted by Gasteiger charge is -2.17. The second-order valence-corrected chi connectivity index (χ2v) is 5.25. The van der Waals surface area contributed by atoms with Crippen molar-refractivity contribution in [2.75, 3.05) is 39.9 Å². The summed E-state index contributed by atoms with van der Waals surface area (Å²) in [6.45, 7) is 8.07. The van der Waals surface area contributed by atoms with Crippen LogP contribution in [0.2, 0.25) is 0 Å². The first-order chi connectivity index (χ1) is 9.61. The second-order valence-electron chi connectivity index (χ2n) is 5.25. The number of ether oxygens (including phenoxy) is 2. The van der Waals surface area contributed by atoms with E-state index in [1.165, 1.54) is 5.56 Å². The Balaban J connectivity index is 2.16. The van der Waals surface area contributed by atoms with E-state index in [-0.39, 0.29) is 0 Å². The maximum Gasteiger partial charge on any atom is 0.119 e. The number of likely N-dealkylation sites (N-methyl/N-ethyl adjacent to an activating group) is 1. The summed E-state index contributed by atoms with van der Waals surface area (Å²) in [5.41, 5.74) is 6.78. The third-order valence-electron chi connectivity index (χ3n) is 3.02. The summed E-state index contributed by atoms with van der Waals surface area (Å²) in [6, 6.07) is 8.16. The molecule has 20 heavy (non-hydrogen) atoms. The number of hydrogen-bond acceptors (Lipinski definition) is 4. The fraction of sp³-hybridized carbons (Fsp3) is 0.625. The van der Waals surface area contributed by atoms with E-state index in [0.717, 1.165) is 31.9 Å². The number of nitrogens with two attached hydrogens (primary N) is 1. The van der Waals surface area contributed by atoms with Gasteiger partial charge in [-0.2, -0.15) is 0 Å². The standard InChI is InChI=1S/C16H28N2O2/c1-14(2)19-12-10-18(3)11-13-20-16-6-4-15(5-7-16)8-9-17/h4-7,14H,8-13,17H2,1-3H3. The minimum Gasteiger partial charge on any atom is -0.492 e. The Morgan fingerprint density at radius 2 is 1.75 bits per heavy atom. The number of benzene rings is 1. The molecule has 1 rings (SSSR count). The molecule has 0 fully saturated rings. The molecule has 1 aromatic carbocycles. The summed E-state index contributed by atoms with van der Waals surface area (Å²) in [5.74, 6) is 0.914. The van der Waals surface area contributed by atoms with Crippen molar-refractivity contribution in [1.29, 1.82) is 0 Å². The first-order valence-electron chi connectivity index (χ1n) is 7.33. The van der Waals surface area contributed by atoms with E-state index in [1.54, 1.807) is 0 Å². The highest BCUT2D eigenvalue weighted by atomic mass is 16.5. The van der Waals surface area contributed by atoms with Gasteiger partial charge in [-0.05, 0) is 51.6 Å². The summed E-state index contributed by atoms with van der Waals surface area (Å²) < 4.78 is 11.2. The third-order valence-corrected chi connectivity index (χ3v) is 3.02. The summed E-state index contributed by atoms with van der Waals surface area (Å²) in [5, 5.41) is 0. The van der Waals surface area contributed by atoms with Gasteiger partial charge in [0, 0.05) is 13.1 Å². The minimum atomic E-state index is 0.298. The van der Waals surface area contributed by atoms with Crippen LogP contribution in [0.4, 0.5) is 0 Å². The molecule has 4 nitrogen and oxygen atoms in total. The highest BCUT2D eigenvalue weighted by molar-refractivity contribution is 5.27. The van der Waals surface area contributed by atoms with Gasteiger partial charge >= 0.3 is 0 Å². The van der Waals surface area contributed by atoms with Gasteiger partial charge in [-0.3, -0.25) is 0 Å². The molecule has 0 saturated carbocycles. The first-order valence-corrected chi connectivity index (χ1v) is 7.33. The molecule has 0 aliphatic carbocycles. The van der Waals surface area contributed by atoms with Crippen LogP contribution in [-0.2, 0) is 11.2 Å². The molecule has 4 heteroatoms. The van der Waals surface area contributed by atoms with Gasteiger partial charge < -0.3 is 20.1 Å². The molecule has 0 atom stereocenters. The predicted octanol–water partition coefficient (Wildman–Crippen LogP) is 1.92. The van der Waals surface area contributed by atoms with Crippen LogP contribution in [0.25, 0.3) is 0 Å². The van der Waals surface area contributed by atoms with Crippen LogP contribution in [0, 0.1) is 0 Å². The average molecular weight is 280 g/mol. The molecule has 0 heterocycles. The minimum absolute atomic E-state index is 0.298. The largest absolute Gasteiger partial charge is 0.492 e. The summed E-state index contributed by atoms with van der Waals surface area (Å²) in [6.07, 6.45) is 1.21. The normalized spacial score (nSPS) is 11.3. The molecule has 0 amide bonds. The quantitative estimate of drug-likeness (QED) is 0.711. The van der Waals surface area contributed by atoms with E-state index < -0.39 is 0 Å². The van der Waals surface area contributed by atoms with Crippen LogP contribution in [0.3, 0.4) is 0 Å². The summed E-state index contributed by atoms with van der Waals surface area (Å²) in [7, 11) is 2.08. The molecule has 0 unspecified atom stereocenters. The molecule has 0 saturated heterocycles. The lowest BCUT2D eigenvalue weighted by molar-refractivity contribution is 0.0616. The van der Waals surface area contributed by atoms with Gasteiger partial charge in [-0.15, -0.1) is 0 Å². The Labute approximate surface area is 122 Å². The predicted molar refractivity (Wildman–Crippen MR) is 83.3 cm³/mol. The number of hydrogen-bond donors (Lipinski definition) is 1. The summed E-state index contributed by atoms with van der Waals surface area (Å²) in [4.78, 5) is 2.21. The Bertz CT molecular complexity index is 352. The molecule has 0 bridgehead atoms. The molecule has 0 aromatic heterocycles. The van der Waals surface area contributed by atoms with E-state index in [4.69, 9.17) is 15.2 Å². The lowest BCUT2D eigenvalue weighted by atomic mass is 10.1. The van der Waals surface area contributed by atoms with E-state index in [1.807, 2.05) is 12.1 Å². The highest BCUT2D eigenvalue weighted by Crippen LogP contribution is 2.12. The van der Waals surface area contributed by atoms with Gasteiger partial charge in [0.2, 0.25) is 0 Å². The molecule has 1 aromatic rings. The Hall–Kier alpha value is -1.10. The monoisotopic (exact) mass is 280 g/mol. The van der Waals surface area contributed by atoms with E-state index in [0.29, 0.717) is 19.3 Å². The second kappa shape index (κ2) is 9.75. The van der Waals surface area contributed by atoms with Gasteiger partial charge in [0.25, 0.3) is 0 Å². The van der Waals surface area contributed by atoms with E-state index >= 15 is 0 Å². The van der Waals surface area contributed by atoms with Gasteiger partial charge in [-0.25, -0.2) is 0 Å². The van der Waals surface area contributed by atoms with Gasteiger partial charge in [-0.1, -0.05) is 12.1 Å². The molecular weight excluding hydrogens is 252 g/mol. The van der Waals surface area contributed by atoms with Crippen molar-refractivity contribution < 1.29 is 9.47 Å².